The predicted molar refractivity (Wildman–Crippen MR) is 194 cm³/mol. The Hall–Kier alpha value is -4.61. The van der Waals surface area contributed by atoms with Crippen molar-refractivity contribution in [2.24, 2.45) is 5.92 Å². The average Bonchev–Trinajstić information content (AvgIpc) is 3.91. The molecule has 0 amide bonds. The molecule has 2 fully saturated rings. The lowest BCUT2D eigenvalue weighted by Gasteiger charge is -2.37. The first-order valence-corrected chi connectivity index (χ1v) is 17.9. The molecule has 7 rings (SSSR count). The molecule has 1 aliphatic carbocycles. The second-order valence-electron chi connectivity index (χ2n) is 12.9. The zero-order valence-corrected chi connectivity index (χ0v) is 29.9. The van der Waals surface area contributed by atoms with Crippen molar-refractivity contribution in [1.29, 1.82) is 5.26 Å². The number of rotatable bonds is 11. The summed E-state index contributed by atoms with van der Waals surface area (Å²) in [5.41, 5.74) is 3.13. The summed E-state index contributed by atoms with van der Waals surface area (Å²) in [5.74, 6) is -0.884. The minimum Gasteiger partial charge on any atom is -0.491 e. The minimum atomic E-state index is -1.12. The molecule has 15 heteroatoms. The molecule has 0 spiro atoms. The van der Waals surface area contributed by atoms with E-state index in [-0.39, 0.29) is 37.4 Å². The molecular weight excluding hydrogens is 693 g/mol. The molecule has 2 aromatic carbocycles. The number of hydrogen-bond acceptors (Lipinski definition) is 10. The van der Waals surface area contributed by atoms with Crippen LogP contribution in [0.5, 0.6) is 5.75 Å². The summed E-state index contributed by atoms with van der Waals surface area (Å²) in [6, 6.07) is 16.0. The Balaban J connectivity index is 0.958. The van der Waals surface area contributed by atoms with Gasteiger partial charge in [0.2, 0.25) is 0 Å². The van der Waals surface area contributed by atoms with Crippen LogP contribution in [0.2, 0.25) is 0 Å². The predicted octanol–water partition coefficient (Wildman–Crippen LogP) is 4.90. The van der Waals surface area contributed by atoms with Crippen LogP contribution in [0.3, 0.4) is 0 Å². The van der Waals surface area contributed by atoms with E-state index in [1.165, 1.54) is 9.48 Å². The molecule has 0 radical (unpaired) electrons. The number of nitriles is 1. The third-order valence-corrected chi connectivity index (χ3v) is 10.3. The van der Waals surface area contributed by atoms with Crippen molar-refractivity contribution in [3.05, 3.63) is 100 Å². The van der Waals surface area contributed by atoms with Gasteiger partial charge < -0.3 is 24.0 Å². The van der Waals surface area contributed by atoms with Gasteiger partial charge in [-0.25, -0.2) is 14.0 Å². The van der Waals surface area contributed by atoms with Gasteiger partial charge in [0.15, 0.2) is 5.79 Å². The smallest absolute Gasteiger partial charge is 0.350 e. The van der Waals surface area contributed by atoms with E-state index in [0.29, 0.717) is 16.3 Å². The molecule has 3 aliphatic rings. The van der Waals surface area contributed by atoms with Gasteiger partial charge in [0.25, 0.3) is 0 Å². The van der Waals surface area contributed by atoms with E-state index in [1.54, 1.807) is 41.5 Å². The molecule has 4 heterocycles. The molecule has 0 N–H and O–H groups in total. The second-order valence-corrected chi connectivity index (χ2v) is 13.8. The third-order valence-electron chi connectivity index (χ3n) is 9.68. The molecule has 266 valence electrons. The van der Waals surface area contributed by atoms with Gasteiger partial charge >= 0.3 is 5.69 Å². The van der Waals surface area contributed by atoms with Crippen LogP contribution >= 0.6 is 23.2 Å². The number of allylic oxidation sites excluding steroid dienone is 3. The maximum absolute atomic E-state index is 12.8. The van der Waals surface area contributed by atoms with Crippen LogP contribution < -0.4 is 20.2 Å². The van der Waals surface area contributed by atoms with Crippen LogP contribution in [0.1, 0.15) is 31.9 Å². The van der Waals surface area contributed by atoms with E-state index in [9.17, 15) is 10.1 Å². The van der Waals surface area contributed by atoms with Gasteiger partial charge in [-0.15, -0.1) is 11.6 Å². The largest absolute Gasteiger partial charge is 0.491 e. The highest BCUT2D eigenvalue weighted by Crippen LogP contribution is 2.40. The van der Waals surface area contributed by atoms with Gasteiger partial charge in [0, 0.05) is 36.9 Å². The Kier molecular flexibility index (Phi) is 10.2. The highest BCUT2D eigenvalue weighted by molar-refractivity contribution is 6.32. The molecule has 5 atom stereocenters. The van der Waals surface area contributed by atoms with Gasteiger partial charge in [-0.1, -0.05) is 24.6 Å². The van der Waals surface area contributed by atoms with Crippen molar-refractivity contribution < 1.29 is 14.2 Å². The normalized spacial score (nSPS) is 24.0. The molecule has 0 bridgehead atoms. The molecule has 51 heavy (non-hydrogen) atoms. The van der Waals surface area contributed by atoms with E-state index in [0.717, 1.165) is 49.7 Å². The zero-order chi connectivity index (χ0) is 35.5. The molecule has 2 saturated heterocycles. The molecule has 4 aromatic rings. The maximum Gasteiger partial charge on any atom is 0.350 e. The van der Waals surface area contributed by atoms with E-state index in [1.807, 2.05) is 56.3 Å². The van der Waals surface area contributed by atoms with Crippen LogP contribution in [0.4, 0.5) is 11.4 Å². The van der Waals surface area contributed by atoms with E-state index in [4.69, 9.17) is 37.4 Å². The van der Waals surface area contributed by atoms with Gasteiger partial charge in [-0.3, -0.25) is 0 Å². The van der Waals surface area contributed by atoms with Crippen molar-refractivity contribution in [3.8, 4) is 17.5 Å². The number of hydrogen-bond donors (Lipinski definition) is 0. The van der Waals surface area contributed by atoms with Crippen LogP contribution in [0.15, 0.2) is 89.2 Å². The summed E-state index contributed by atoms with van der Waals surface area (Å²) in [7, 11) is 0. The van der Waals surface area contributed by atoms with E-state index >= 15 is 0 Å². The highest BCUT2D eigenvalue weighted by Gasteiger charge is 2.51. The second kappa shape index (κ2) is 14.9. The van der Waals surface area contributed by atoms with Crippen molar-refractivity contribution in [2.75, 3.05) is 49.2 Å². The molecule has 13 nitrogen and oxygen atoms in total. The monoisotopic (exact) mass is 731 g/mol. The first-order chi connectivity index (χ1) is 24.8. The van der Waals surface area contributed by atoms with E-state index < -0.39 is 17.3 Å². The lowest BCUT2D eigenvalue weighted by Crippen LogP contribution is -2.47. The number of piperazine rings is 1. The first-order valence-electron chi connectivity index (χ1n) is 17.1. The summed E-state index contributed by atoms with van der Waals surface area (Å²) in [6.07, 6.45) is 10.7. The number of ether oxygens (including phenoxy) is 3. The minimum absolute atomic E-state index is 0.0439. The number of aromatic nitrogens is 6. The fourth-order valence-corrected chi connectivity index (χ4v) is 7.40. The Labute approximate surface area is 305 Å². The number of anilines is 2. The zero-order valence-electron chi connectivity index (χ0n) is 28.4. The van der Waals surface area contributed by atoms with Crippen LogP contribution in [-0.4, -0.2) is 86.0 Å². The number of benzene rings is 2. The van der Waals surface area contributed by atoms with Crippen molar-refractivity contribution in [2.45, 2.75) is 50.1 Å². The fourth-order valence-electron chi connectivity index (χ4n) is 6.71. The Morgan fingerprint density at radius 1 is 1.06 bits per heavy atom. The van der Waals surface area contributed by atoms with Crippen molar-refractivity contribution in [1.82, 2.24) is 29.3 Å². The molecular formula is C36H39Cl2N9O4. The summed E-state index contributed by atoms with van der Waals surface area (Å²) in [5, 5.41) is 23.0. The molecule has 2 aromatic heterocycles. The fraction of sp³-hybridized carbons (Fsp3) is 0.417. The van der Waals surface area contributed by atoms with Crippen LogP contribution in [-0.2, 0) is 16.0 Å². The van der Waals surface area contributed by atoms with Gasteiger partial charge in [0.1, 0.15) is 37.4 Å². The first kappa shape index (κ1) is 34.8. The highest BCUT2D eigenvalue weighted by atomic mass is 35.5. The van der Waals surface area contributed by atoms with Crippen LogP contribution in [0.25, 0.3) is 5.69 Å². The van der Waals surface area contributed by atoms with Gasteiger partial charge in [-0.2, -0.15) is 25.4 Å². The molecule has 2 aliphatic heterocycles. The quantitative estimate of drug-likeness (QED) is 0.197. The summed E-state index contributed by atoms with van der Waals surface area (Å²) < 4.78 is 22.0. The van der Waals surface area contributed by atoms with Gasteiger partial charge in [-0.05, 0) is 68.0 Å². The molecule has 0 saturated carbocycles. The SMILES string of the molecule is CCC(C)n1ncn(-c2ccc(N3CCN(c4ccc(OC[C@@H]5CO[C@@](Cn6nccn6)(C6C=CC(Cl)=CC6Cl)O5)cc4C#N)CC3)cc2)c1=O. The van der Waals surface area contributed by atoms with E-state index in [2.05, 4.69) is 31.2 Å². The lowest BCUT2D eigenvalue weighted by atomic mass is 9.90. The molecule has 3 unspecified atom stereocenters. The Morgan fingerprint density at radius 3 is 2.49 bits per heavy atom. The standard InChI is InChI=1S/C36H39Cl2N9O4/c1-3-25(2)47-35(48)45(24-42-47)29-7-5-28(6-8-29)43-14-16-44(17-15-43)34-11-9-30(18-26(34)20-39)49-21-31-22-50-36(51-31,23-46-40-12-13-41-46)32-10-4-27(37)19-33(32)38/h4-13,18-19,24-25,31-33H,3,14-17,21-23H2,1-2H3/t25?,31-,32?,33?,36-/m1/s1. The summed E-state index contributed by atoms with van der Waals surface area (Å²) in [4.78, 5) is 18.9. The Bertz CT molecular complexity index is 1980. The number of halogens is 2. The number of alkyl halides is 1. The summed E-state index contributed by atoms with van der Waals surface area (Å²) in [6.45, 7) is 7.81. The third kappa shape index (κ3) is 7.27. The average molecular weight is 733 g/mol. The number of nitrogens with zero attached hydrogens (tertiary/aromatic N) is 9. The topological polar surface area (TPSA) is 128 Å². The van der Waals surface area contributed by atoms with Crippen molar-refractivity contribution in [3.63, 3.8) is 0 Å². The Morgan fingerprint density at radius 2 is 1.78 bits per heavy atom. The summed E-state index contributed by atoms with van der Waals surface area (Å²) >= 11 is 12.9. The maximum atomic E-state index is 12.8. The lowest BCUT2D eigenvalue weighted by molar-refractivity contribution is -0.207. The van der Waals surface area contributed by atoms with Crippen LogP contribution in [0, 0.1) is 17.2 Å². The van der Waals surface area contributed by atoms with Crippen molar-refractivity contribution >= 4 is 34.6 Å². The van der Waals surface area contributed by atoms with Gasteiger partial charge in [0.05, 0.1) is 53.3 Å².